The second kappa shape index (κ2) is 11.5. The van der Waals surface area contributed by atoms with E-state index >= 15 is 0 Å². The second-order valence-corrected chi connectivity index (χ2v) is 10.4. The molecule has 2 aromatic carbocycles. The fraction of sp³-hybridized carbons (Fsp3) is 0.391. The van der Waals surface area contributed by atoms with Crippen molar-refractivity contribution in [2.45, 2.75) is 39.8 Å². The van der Waals surface area contributed by atoms with E-state index in [1.165, 1.54) is 4.90 Å². The van der Waals surface area contributed by atoms with Crippen LogP contribution in [-0.4, -0.2) is 50.5 Å². The maximum Gasteiger partial charge on any atom is 0.244 e. The van der Waals surface area contributed by atoms with Crippen LogP contribution in [0.4, 0.5) is 5.69 Å². The van der Waals surface area contributed by atoms with Crippen LogP contribution < -0.4 is 9.62 Å². The summed E-state index contributed by atoms with van der Waals surface area (Å²) < 4.78 is 26.9. The number of carbonyl (C=O) groups is 2. The topological polar surface area (TPSA) is 86.8 Å². The molecule has 0 fully saturated rings. The Balaban J connectivity index is 2.42. The smallest absolute Gasteiger partial charge is 0.244 e. The molecule has 0 aromatic heterocycles. The summed E-state index contributed by atoms with van der Waals surface area (Å²) in [6, 6.07) is 13.7. The highest BCUT2D eigenvalue weighted by molar-refractivity contribution is 9.10. The van der Waals surface area contributed by atoms with Gasteiger partial charge >= 0.3 is 0 Å². The molecule has 0 saturated heterocycles. The lowest BCUT2D eigenvalue weighted by Gasteiger charge is -2.32. The highest BCUT2D eigenvalue weighted by Crippen LogP contribution is 2.22. The van der Waals surface area contributed by atoms with Crippen molar-refractivity contribution in [1.29, 1.82) is 0 Å². The van der Waals surface area contributed by atoms with Crippen molar-refractivity contribution in [3.63, 3.8) is 0 Å². The summed E-state index contributed by atoms with van der Waals surface area (Å²) in [5, 5.41) is 2.78. The lowest BCUT2D eigenvalue weighted by atomic mass is 10.1. The first kappa shape index (κ1) is 25.9. The van der Waals surface area contributed by atoms with Gasteiger partial charge in [-0.1, -0.05) is 52.7 Å². The third-order valence-corrected chi connectivity index (χ3v) is 6.64. The van der Waals surface area contributed by atoms with Crippen LogP contribution in [0.3, 0.4) is 0 Å². The van der Waals surface area contributed by atoms with Gasteiger partial charge in [-0.05, 0) is 50.1 Å². The fourth-order valence-electron chi connectivity index (χ4n) is 3.44. The predicted octanol–water partition coefficient (Wildman–Crippen LogP) is 3.47. The molecule has 0 heterocycles. The van der Waals surface area contributed by atoms with Gasteiger partial charge < -0.3 is 10.2 Å². The van der Waals surface area contributed by atoms with E-state index in [0.717, 1.165) is 26.2 Å². The van der Waals surface area contributed by atoms with Gasteiger partial charge in [-0.25, -0.2) is 8.42 Å². The first-order valence-electron chi connectivity index (χ1n) is 10.4. The van der Waals surface area contributed by atoms with E-state index in [-0.39, 0.29) is 12.5 Å². The van der Waals surface area contributed by atoms with Gasteiger partial charge in [-0.3, -0.25) is 13.9 Å². The molecule has 9 heteroatoms. The number of hydrogen-bond acceptors (Lipinski definition) is 4. The number of likely N-dealkylation sites (N-methyl/N-ethyl adjacent to an activating group) is 1. The van der Waals surface area contributed by atoms with Gasteiger partial charge in [-0.15, -0.1) is 0 Å². The molecule has 174 valence electrons. The van der Waals surface area contributed by atoms with E-state index in [2.05, 4.69) is 21.2 Å². The minimum absolute atomic E-state index is 0.202. The SMILES string of the molecule is CCNC(=O)C(CC)N(Cc1cccc(C)c1)C(=O)CN(c1ccc(Br)cc1)S(C)(=O)=O. The molecule has 0 radical (unpaired) electrons. The highest BCUT2D eigenvalue weighted by atomic mass is 79.9. The quantitative estimate of drug-likeness (QED) is 0.516. The molecule has 1 atom stereocenters. The van der Waals surface area contributed by atoms with Crippen molar-refractivity contribution in [3.8, 4) is 0 Å². The van der Waals surface area contributed by atoms with Gasteiger partial charge in [0, 0.05) is 17.6 Å². The number of halogens is 1. The molecule has 0 bridgehead atoms. The van der Waals surface area contributed by atoms with Gasteiger partial charge in [0.25, 0.3) is 0 Å². The van der Waals surface area contributed by atoms with E-state index in [0.29, 0.717) is 18.7 Å². The molecule has 1 N–H and O–H groups in total. The number of nitrogens with one attached hydrogen (secondary N) is 1. The van der Waals surface area contributed by atoms with Crippen LogP contribution in [0.1, 0.15) is 31.4 Å². The normalized spacial score (nSPS) is 12.2. The standard InChI is InChI=1S/C23H30BrN3O4S/c1-5-21(23(29)25-6-2)26(15-18-9-7-8-17(3)14-18)22(28)16-27(32(4,30)31)20-12-10-19(24)11-13-20/h7-14,21H,5-6,15-16H2,1-4H3,(H,25,29). The summed E-state index contributed by atoms with van der Waals surface area (Å²) in [6.45, 7) is 5.85. The monoisotopic (exact) mass is 523 g/mol. The van der Waals surface area contributed by atoms with Crippen molar-refractivity contribution < 1.29 is 18.0 Å². The van der Waals surface area contributed by atoms with Crippen LogP contribution in [-0.2, 0) is 26.2 Å². The van der Waals surface area contributed by atoms with Gasteiger partial charge in [0.2, 0.25) is 21.8 Å². The minimum atomic E-state index is -3.73. The highest BCUT2D eigenvalue weighted by Gasteiger charge is 2.31. The summed E-state index contributed by atoms with van der Waals surface area (Å²) in [5.41, 5.74) is 2.29. The molecule has 1 unspecified atom stereocenters. The summed E-state index contributed by atoms with van der Waals surface area (Å²) in [6.07, 6.45) is 1.47. The van der Waals surface area contributed by atoms with Crippen molar-refractivity contribution >= 4 is 43.5 Å². The Kier molecular flexibility index (Phi) is 9.27. The van der Waals surface area contributed by atoms with E-state index in [1.54, 1.807) is 24.3 Å². The third-order valence-electron chi connectivity index (χ3n) is 4.97. The van der Waals surface area contributed by atoms with E-state index in [9.17, 15) is 18.0 Å². The zero-order chi connectivity index (χ0) is 23.9. The van der Waals surface area contributed by atoms with E-state index in [4.69, 9.17) is 0 Å². The number of rotatable bonds is 10. The first-order valence-corrected chi connectivity index (χ1v) is 13.1. The third kappa shape index (κ3) is 7.06. The molecule has 32 heavy (non-hydrogen) atoms. The Bertz CT molecular complexity index is 1040. The van der Waals surface area contributed by atoms with E-state index in [1.807, 2.05) is 45.0 Å². The van der Waals surface area contributed by atoms with Gasteiger partial charge in [0.15, 0.2) is 0 Å². The van der Waals surface area contributed by atoms with Crippen LogP contribution in [0, 0.1) is 6.92 Å². The van der Waals surface area contributed by atoms with Gasteiger partial charge in [-0.2, -0.15) is 0 Å². The summed E-state index contributed by atoms with van der Waals surface area (Å²) in [5.74, 6) is -0.705. The largest absolute Gasteiger partial charge is 0.355 e. The summed E-state index contributed by atoms with van der Waals surface area (Å²) in [7, 11) is -3.73. The zero-order valence-corrected chi connectivity index (χ0v) is 21.2. The van der Waals surface area contributed by atoms with Gasteiger partial charge in [0.1, 0.15) is 12.6 Å². The molecule has 0 aliphatic rings. The predicted molar refractivity (Wildman–Crippen MR) is 131 cm³/mol. The van der Waals surface area contributed by atoms with Gasteiger partial charge in [0.05, 0.1) is 11.9 Å². The molecule has 2 amide bonds. The van der Waals surface area contributed by atoms with Crippen LogP contribution in [0.5, 0.6) is 0 Å². The fourth-order valence-corrected chi connectivity index (χ4v) is 4.55. The van der Waals surface area contributed by atoms with Crippen LogP contribution >= 0.6 is 15.9 Å². The van der Waals surface area contributed by atoms with E-state index < -0.39 is 28.5 Å². The number of hydrogen-bond donors (Lipinski definition) is 1. The first-order chi connectivity index (χ1) is 15.1. The minimum Gasteiger partial charge on any atom is -0.355 e. The number of anilines is 1. The second-order valence-electron chi connectivity index (χ2n) is 7.58. The average molecular weight is 524 g/mol. The zero-order valence-electron chi connectivity index (χ0n) is 18.8. The lowest BCUT2D eigenvalue weighted by Crippen LogP contribution is -2.52. The number of amides is 2. The van der Waals surface area contributed by atoms with Crippen molar-refractivity contribution in [1.82, 2.24) is 10.2 Å². The number of aryl methyl sites for hydroxylation is 1. The summed E-state index contributed by atoms with van der Waals surface area (Å²) >= 11 is 3.33. The van der Waals surface area contributed by atoms with Crippen molar-refractivity contribution in [2.75, 3.05) is 23.7 Å². The number of nitrogens with zero attached hydrogens (tertiary/aromatic N) is 2. The van der Waals surface area contributed by atoms with Crippen molar-refractivity contribution in [3.05, 3.63) is 64.1 Å². The molecule has 2 aromatic rings. The molecule has 7 nitrogen and oxygen atoms in total. The molecule has 0 aliphatic heterocycles. The molecule has 0 saturated carbocycles. The maximum atomic E-state index is 13.5. The Hall–Kier alpha value is -2.39. The maximum absolute atomic E-state index is 13.5. The Morgan fingerprint density at radius 3 is 2.28 bits per heavy atom. The van der Waals surface area contributed by atoms with Crippen molar-refractivity contribution in [2.24, 2.45) is 0 Å². The lowest BCUT2D eigenvalue weighted by molar-refractivity contribution is -0.140. The molecule has 2 rings (SSSR count). The van der Waals surface area contributed by atoms with Crippen LogP contribution in [0.25, 0.3) is 0 Å². The number of benzene rings is 2. The summed E-state index contributed by atoms with van der Waals surface area (Å²) in [4.78, 5) is 27.7. The molecular weight excluding hydrogens is 494 g/mol. The van der Waals surface area contributed by atoms with Crippen LogP contribution in [0.15, 0.2) is 53.0 Å². The Labute approximate surface area is 199 Å². The molecular formula is C23H30BrN3O4S. The number of carbonyl (C=O) groups excluding carboxylic acids is 2. The molecule has 0 spiro atoms. The molecule has 0 aliphatic carbocycles. The average Bonchev–Trinajstić information content (AvgIpc) is 2.72. The number of sulfonamides is 1. The Morgan fingerprint density at radius 1 is 1.09 bits per heavy atom. The van der Waals surface area contributed by atoms with Crippen LogP contribution in [0.2, 0.25) is 0 Å². The Morgan fingerprint density at radius 2 is 1.75 bits per heavy atom.